The Labute approximate surface area is 171 Å². The molecule has 2 saturated carbocycles. The average molecular weight is 390 g/mol. The summed E-state index contributed by atoms with van der Waals surface area (Å²) in [7, 11) is 0. The summed E-state index contributed by atoms with van der Waals surface area (Å²) in [6, 6.07) is 0. The molecular formula is C24H39NO3. The molecule has 28 heavy (non-hydrogen) atoms. The molecule has 2 bridgehead atoms. The van der Waals surface area contributed by atoms with Crippen LogP contribution in [-0.4, -0.2) is 23.5 Å². The minimum absolute atomic E-state index is 0.0154. The van der Waals surface area contributed by atoms with Crippen molar-refractivity contribution in [2.24, 2.45) is 16.7 Å². The fourth-order valence-electron chi connectivity index (χ4n) is 5.03. The van der Waals surface area contributed by atoms with Gasteiger partial charge in [-0.2, -0.15) is 0 Å². The smallest absolute Gasteiger partial charge is 0.338 e. The third kappa shape index (κ3) is 4.21. The first kappa shape index (κ1) is 22.7. The fourth-order valence-corrected chi connectivity index (χ4v) is 5.03. The van der Waals surface area contributed by atoms with Gasteiger partial charge in [-0.3, -0.25) is 4.79 Å². The molecule has 3 atom stereocenters. The number of hydrogen-bond donors (Lipinski definition) is 1. The number of amides is 1. The topological polar surface area (TPSA) is 55.4 Å². The summed E-state index contributed by atoms with van der Waals surface area (Å²) in [6.07, 6.45) is 7.25. The summed E-state index contributed by atoms with van der Waals surface area (Å²) in [6.45, 7) is 20.5. The highest BCUT2D eigenvalue weighted by Gasteiger charge is 2.62. The van der Waals surface area contributed by atoms with Gasteiger partial charge in [-0.1, -0.05) is 60.1 Å². The van der Waals surface area contributed by atoms with Crippen molar-refractivity contribution >= 4 is 11.9 Å². The van der Waals surface area contributed by atoms with Crippen LogP contribution in [0.4, 0.5) is 0 Å². The average Bonchev–Trinajstić information content (AvgIpc) is 2.93. The van der Waals surface area contributed by atoms with Gasteiger partial charge in [-0.05, 0) is 50.9 Å². The van der Waals surface area contributed by atoms with E-state index < -0.39 is 5.97 Å². The van der Waals surface area contributed by atoms with Gasteiger partial charge >= 0.3 is 5.97 Å². The maximum atomic E-state index is 12.7. The Morgan fingerprint density at radius 1 is 1.14 bits per heavy atom. The normalized spacial score (nSPS) is 28.1. The molecule has 3 unspecified atom stereocenters. The predicted molar refractivity (Wildman–Crippen MR) is 114 cm³/mol. The Morgan fingerprint density at radius 2 is 1.79 bits per heavy atom. The summed E-state index contributed by atoms with van der Waals surface area (Å²) in [5.41, 5.74) is -0.0389. The number of ether oxygens (including phenoxy) is 1. The lowest BCUT2D eigenvalue weighted by molar-refractivity contribution is -0.152. The lowest BCUT2D eigenvalue weighted by Crippen LogP contribution is -2.44. The highest BCUT2D eigenvalue weighted by Crippen LogP contribution is 2.66. The second kappa shape index (κ2) is 8.04. The quantitative estimate of drug-likeness (QED) is 0.251. The monoisotopic (exact) mass is 389 g/mol. The van der Waals surface area contributed by atoms with Gasteiger partial charge in [0.1, 0.15) is 6.10 Å². The van der Waals surface area contributed by atoms with Crippen molar-refractivity contribution in [2.45, 2.75) is 98.1 Å². The van der Waals surface area contributed by atoms with E-state index in [9.17, 15) is 9.59 Å². The molecule has 0 aromatic rings. The lowest BCUT2D eigenvalue weighted by atomic mass is 9.70. The van der Waals surface area contributed by atoms with Crippen molar-refractivity contribution in [3.8, 4) is 0 Å². The van der Waals surface area contributed by atoms with E-state index in [0.717, 1.165) is 38.5 Å². The number of nitrogens with one attached hydrogen (secondary N) is 1. The molecule has 2 rings (SSSR count). The van der Waals surface area contributed by atoms with Crippen LogP contribution in [0.3, 0.4) is 0 Å². The minimum atomic E-state index is -0.515. The van der Waals surface area contributed by atoms with E-state index in [4.69, 9.17) is 4.74 Å². The largest absolute Gasteiger partial charge is 0.458 e. The van der Waals surface area contributed by atoms with E-state index in [-0.39, 0.29) is 39.5 Å². The lowest BCUT2D eigenvalue weighted by Gasteiger charge is -2.38. The number of rotatable bonds is 9. The fraction of sp³-hybridized carbons (Fsp3) is 0.750. The minimum Gasteiger partial charge on any atom is -0.458 e. The zero-order valence-corrected chi connectivity index (χ0v) is 18.7. The molecule has 158 valence electrons. The van der Waals surface area contributed by atoms with Crippen LogP contribution in [0.15, 0.2) is 24.3 Å². The first-order chi connectivity index (χ1) is 12.9. The van der Waals surface area contributed by atoms with Crippen LogP contribution in [0, 0.1) is 16.7 Å². The number of carbonyl (C=O) groups excluding carboxylic acids is 2. The molecule has 0 saturated heterocycles. The second-order valence-corrected chi connectivity index (χ2v) is 10.3. The van der Waals surface area contributed by atoms with Crippen LogP contribution in [-0.2, 0) is 14.3 Å². The van der Waals surface area contributed by atoms with E-state index in [2.05, 4.69) is 46.2 Å². The van der Waals surface area contributed by atoms with Crippen LogP contribution in [0.25, 0.3) is 0 Å². The van der Waals surface area contributed by atoms with Crippen LogP contribution >= 0.6 is 0 Å². The number of esters is 1. The molecule has 1 N–H and O–H groups in total. The molecule has 2 fully saturated rings. The zero-order chi connectivity index (χ0) is 21.3. The molecule has 0 radical (unpaired) electrons. The molecule has 1 amide bonds. The van der Waals surface area contributed by atoms with Gasteiger partial charge in [-0.15, -0.1) is 0 Å². The van der Waals surface area contributed by atoms with Gasteiger partial charge in [0.05, 0.1) is 5.57 Å². The Balaban J connectivity index is 1.93. The SMILES string of the molecule is C=C(C(=C)C(=O)OC1CC2CCC1(C)C2(C)C)C(=O)NC(C)(C)CCCCC. The predicted octanol–water partition coefficient (Wildman–Crippen LogP) is 5.33. The summed E-state index contributed by atoms with van der Waals surface area (Å²) in [5, 5.41) is 2.98. The summed E-state index contributed by atoms with van der Waals surface area (Å²) in [4.78, 5) is 25.3. The molecule has 0 heterocycles. The van der Waals surface area contributed by atoms with Gasteiger partial charge < -0.3 is 10.1 Å². The van der Waals surface area contributed by atoms with Crippen molar-refractivity contribution in [3.63, 3.8) is 0 Å². The highest BCUT2D eigenvalue weighted by atomic mass is 16.5. The molecule has 2 aliphatic rings. The van der Waals surface area contributed by atoms with Crippen molar-refractivity contribution in [3.05, 3.63) is 24.3 Å². The van der Waals surface area contributed by atoms with E-state index in [1.165, 1.54) is 6.42 Å². The Morgan fingerprint density at radius 3 is 2.29 bits per heavy atom. The number of fused-ring (bicyclic) bond motifs is 2. The van der Waals surface area contributed by atoms with E-state index in [1.807, 2.05) is 13.8 Å². The Hall–Kier alpha value is -1.58. The van der Waals surface area contributed by atoms with Crippen LogP contribution in [0.2, 0.25) is 0 Å². The highest BCUT2D eigenvalue weighted by molar-refractivity contribution is 6.08. The Kier molecular flexibility index (Phi) is 6.52. The van der Waals surface area contributed by atoms with Crippen LogP contribution in [0.1, 0.15) is 86.5 Å². The number of unbranched alkanes of at least 4 members (excludes halogenated alkanes) is 2. The van der Waals surface area contributed by atoms with Gasteiger partial charge in [0.25, 0.3) is 5.91 Å². The molecule has 4 heteroatoms. The third-order valence-corrected chi connectivity index (χ3v) is 7.71. The summed E-state index contributed by atoms with van der Waals surface area (Å²) in [5.74, 6) is -0.277. The molecule has 0 aliphatic heterocycles. The van der Waals surface area contributed by atoms with Crippen molar-refractivity contribution in [2.75, 3.05) is 0 Å². The summed E-state index contributed by atoms with van der Waals surface area (Å²) < 4.78 is 5.85. The maximum absolute atomic E-state index is 12.7. The number of hydrogen-bond acceptors (Lipinski definition) is 3. The maximum Gasteiger partial charge on any atom is 0.338 e. The first-order valence-corrected chi connectivity index (χ1v) is 10.8. The molecular weight excluding hydrogens is 350 g/mol. The Bertz CT molecular complexity index is 661. The van der Waals surface area contributed by atoms with E-state index >= 15 is 0 Å². The molecule has 2 aliphatic carbocycles. The van der Waals surface area contributed by atoms with Crippen molar-refractivity contribution < 1.29 is 14.3 Å². The van der Waals surface area contributed by atoms with Gasteiger partial charge in [0.2, 0.25) is 0 Å². The molecule has 4 nitrogen and oxygen atoms in total. The van der Waals surface area contributed by atoms with Crippen molar-refractivity contribution in [1.82, 2.24) is 5.32 Å². The van der Waals surface area contributed by atoms with Crippen LogP contribution < -0.4 is 5.32 Å². The van der Waals surface area contributed by atoms with Crippen molar-refractivity contribution in [1.29, 1.82) is 0 Å². The van der Waals surface area contributed by atoms with E-state index in [1.54, 1.807) is 0 Å². The van der Waals surface area contributed by atoms with E-state index in [0.29, 0.717) is 5.92 Å². The van der Waals surface area contributed by atoms with Gasteiger partial charge in [-0.25, -0.2) is 4.79 Å². The summed E-state index contributed by atoms with van der Waals surface area (Å²) >= 11 is 0. The first-order valence-electron chi connectivity index (χ1n) is 10.8. The molecule has 0 aromatic heterocycles. The zero-order valence-electron chi connectivity index (χ0n) is 18.7. The third-order valence-electron chi connectivity index (χ3n) is 7.71. The second-order valence-electron chi connectivity index (χ2n) is 10.3. The molecule has 0 aromatic carbocycles. The number of carbonyl (C=O) groups is 2. The van der Waals surface area contributed by atoms with Gasteiger partial charge in [0, 0.05) is 16.5 Å². The molecule has 0 spiro atoms. The van der Waals surface area contributed by atoms with Gasteiger partial charge in [0.15, 0.2) is 0 Å². The standard InChI is InChI=1S/C24H39NO3/c1-9-10-11-13-22(4,5)25-20(26)16(2)17(3)21(27)28-19-15-18-12-14-24(19,8)23(18,6)7/h18-19H,2-3,9-15H2,1,4-8H3,(H,25,26). The van der Waals surface area contributed by atoms with Crippen LogP contribution in [0.5, 0.6) is 0 Å².